The van der Waals surface area contributed by atoms with Gasteiger partial charge in [-0.15, -0.1) is 0 Å². The molecule has 1 fully saturated rings. The number of aromatic nitrogens is 2. The topological polar surface area (TPSA) is 40.7 Å². The highest BCUT2D eigenvalue weighted by molar-refractivity contribution is 5.78. The van der Waals surface area contributed by atoms with Crippen molar-refractivity contribution in [3.8, 4) is 0 Å². The predicted molar refractivity (Wildman–Crippen MR) is 65.4 cm³/mol. The van der Waals surface area contributed by atoms with Gasteiger partial charge in [0, 0.05) is 5.39 Å². The van der Waals surface area contributed by atoms with Crippen molar-refractivity contribution in [1.82, 2.24) is 15.5 Å². The summed E-state index contributed by atoms with van der Waals surface area (Å²) in [6, 6.07) is 6.64. The lowest BCUT2D eigenvalue weighted by atomic mass is 9.91. The van der Waals surface area contributed by atoms with Crippen molar-refractivity contribution >= 4 is 10.9 Å². The molecule has 0 amide bonds. The molecule has 1 aliphatic heterocycles. The number of nitrogens with one attached hydrogen (secondary N) is 2. The number of nitrogens with zero attached hydrogens (tertiary/aromatic N) is 1. The molecule has 2 aromatic rings. The van der Waals surface area contributed by atoms with Crippen molar-refractivity contribution in [1.29, 1.82) is 0 Å². The Morgan fingerprint density at radius 1 is 1.25 bits per heavy atom. The molecule has 16 heavy (non-hydrogen) atoms. The fourth-order valence-corrected chi connectivity index (χ4v) is 2.53. The maximum Gasteiger partial charge on any atom is 0.0653 e. The molecule has 3 heteroatoms. The highest BCUT2D eigenvalue weighted by atomic mass is 15.1. The third-order valence-electron chi connectivity index (χ3n) is 3.49. The first-order valence-corrected chi connectivity index (χ1v) is 6.04. The van der Waals surface area contributed by atoms with Gasteiger partial charge in [0.2, 0.25) is 0 Å². The maximum absolute atomic E-state index is 4.05. The van der Waals surface area contributed by atoms with Crippen LogP contribution in [-0.4, -0.2) is 23.3 Å². The summed E-state index contributed by atoms with van der Waals surface area (Å²) in [4.78, 5) is 0. The number of H-pyrrole nitrogens is 1. The third-order valence-corrected chi connectivity index (χ3v) is 3.49. The number of piperidine rings is 1. The van der Waals surface area contributed by atoms with E-state index in [0.29, 0.717) is 0 Å². The summed E-state index contributed by atoms with van der Waals surface area (Å²) in [6.07, 6.45) is 5.70. The highest BCUT2D eigenvalue weighted by Crippen LogP contribution is 2.20. The number of hydrogen-bond donors (Lipinski definition) is 2. The molecule has 1 aromatic carbocycles. The van der Waals surface area contributed by atoms with Crippen LogP contribution in [0.5, 0.6) is 0 Å². The summed E-state index contributed by atoms with van der Waals surface area (Å²) in [5.74, 6) is 0.849. The Labute approximate surface area is 95.2 Å². The Bertz CT molecular complexity index is 469. The Morgan fingerprint density at radius 3 is 3.00 bits per heavy atom. The summed E-state index contributed by atoms with van der Waals surface area (Å²) in [7, 11) is 0. The van der Waals surface area contributed by atoms with Crippen molar-refractivity contribution in [2.75, 3.05) is 13.1 Å². The molecule has 0 bridgehead atoms. The third kappa shape index (κ3) is 1.95. The van der Waals surface area contributed by atoms with Gasteiger partial charge >= 0.3 is 0 Å². The van der Waals surface area contributed by atoms with Crippen molar-refractivity contribution in [2.24, 2.45) is 5.92 Å². The molecule has 2 heterocycles. The van der Waals surface area contributed by atoms with Crippen LogP contribution in [0.3, 0.4) is 0 Å². The van der Waals surface area contributed by atoms with Gasteiger partial charge in [0.05, 0.1) is 11.7 Å². The standard InChI is InChI=1S/C13H17N3/c1-2-12-9-15-16-13(12)8-11(1)7-10-3-5-14-6-4-10/h1-2,8-10,14H,3-7H2,(H,15,16). The molecule has 1 saturated heterocycles. The number of rotatable bonds is 2. The molecule has 0 spiro atoms. The quantitative estimate of drug-likeness (QED) is 0.805. The molecule has 0 aliphatic carbocycles. The lowest BCUT2D eigenvalue weighted by Gasteiger charge is -2.22. The zero-order chi connectivity index (χ0) is 10.8. The van der Waals surface area contributed by atoms with E-state index < -0.39 is 0 Å². The second kappa shape index (κ2) is 4.26. The molecule has 0 saturated carbocycles. The second-order valence-electron chi connectivity index (χ2n) is 4.69. The number of hydrogen-bond acceptors (Lipinski definition) is 2. The van der Waals surface area contributed by atoms with Crippen LogP contribution in [-0.2, 0) is 6.42 Å². The van der Waals surface area contributed by atoms with Crippen LogP contribution in [0, 0.1) is 5.92 Å². The van der Waals surface area contributed by atoms with Crippen molar-refractivity contribution in [3.63, 3.8) is 0 Å². The summed E-state index contributed by atoms with van der Waals surface area (Å²) < 4.78 is 0. The van der Waals surface area contributed by atoms with Gasteiger partial charge in [-0.2, -0.15) is 5.10 Å². The minimum atomic E-state index is 0.849. The van der Waals surface area contributed by atoms with Crippen LogP contribution in [0.15, 0.2) is 24.4 Å². The minimum absolute atomic E-state index is 0.849. The SMILES string of the molecule is c1cc2cn[nH]c2cc1CC1CCNCC1. The highest BCUT2D eigenvalue weighted by Gasteiger charge is 2.13. The van der Waals surface area contributed by atoms with E-state index in [4.69, 9.17) is 0 Å². The molecule has 1 aliphatic rings. The van der Waals surface area contributed by atoms with Gasteiger partial charge in [0.1, 0.15) is 0 Å². The van der Waals surface area contributed by atoms with E-state index in [-0.39, 0.29) is 0 Å². The van der Waals surface area contributed by atoms with Crippen LogP contribution in [0.2, 0.25) is 0 Å². The van der Waals surface area contributed by atoms with E-state index in [2.05, 4.69) is 33.7 Å². The van der Waals surface area contributed by atoms with Crippen molar-refractivity contribution in [2.45, 2.75) is 19.3 Å². The molecule has 1 aromatic heterocycles. The van der Waals surface area contributed by atoms with Gasteiger partial charge in [0.25, 0.3) is 0 Å². The molecule has 0 atom stereocenters. The fourth-order valence-electron chi connectivity index (χ4n) is 2.53. The Morgan fingerprint density at radius 2 is 2.12 bits per heavy atom. The minimum Gasteiger partial charge on any atom is -0.317 e. The fraction of sp³-hybridized carbons (Fsp3) is 0.462. The smallest absolute Gasteiger partial charge is 0.0653 e. The van der Waals surface area contributed by atoms with Crippen LogP contribution >= 0.6 is 0 Å². The summed E-state index contributed by atoms with van der Waals surface area (Å²) in [5.41, 5.74) is 2.59. The van der Waals surface area contributed by atoms with E-state index in [9.17, 15) is 0 Å². The monoisotopic (exact) mass is 215 g/mol. The van der Waals surface area contributed by atoms with Crippen LogP contribution in [0.4, 0.5) is 0 Å². The Balaban J connectivity index is 1.77. The number of fused-ring (bicyclic) bond motifs is 1. The average molecular weight is 215 g/mol. The van der Waals surface area contributed by atoms with Crippen LogP contribution in [0.25, 0.3) is 10.9 Å². The van der Waals surface area contributed by atoms with Crippen LogP contribution in [0.1, 0.15) is 18.4 Å². The van der Waals surface area contributed by atoms with Gasteiger partial charge in [-0.05, 0) is 49.9 Å². The van der Waals surface area contributed by atoms with Gasteiger partial charge < -0.3 is 5.32 Å². The lowest BCUT2D eigenvalue weighted by Crippen LogP contribution is -2.28. The predicted octanol–water partition coefficient (Wildman–Crippen LogP) is 2.10. The first-order chi connectivity index (χ1) is 7.92. The molecule has 84 valence electrons. The van der Waals surface area contributed by atoms with E-state index in [1.165, 1.54) is 43.3 Å². The van der Waals surface area contributed by atoms with Gasteiger partial charge in [-0.1, -0.05) is 12.1 Å². The van der Waals surface area contributed by atoms with Crippen molar-refractivity contribution in [3.05, 3.63) is 30.0 Å². The molecule has 0 radical (unpaired) electrons. The summed E-state index contributed by atoms with van der Waals surface area (Å²) >= 11 is 0. The first kappa shape index (κ1) is 9.85. The average Bonchev–Trinajstić information content (AvgIpc) is 2.77. The van der Waals surface area contributed by atoms with Gasteiger partial charge in [0.15, 0.2) is 0 Å². The van der Waals surface area contributed by atoms with Crippen molar-refractivity contribution < 1.29 is 0 Å². The van der Waals surface area contributed by atoms with Crippen LogP contribution < -0.4 is 5.32 Å². The van der Waals surface area contributed by atoms with E-state index >= 15 is 0 Å². The summed E-state index contributed by atoms with van der Waals surface area (Å²) in [6.45, 7) is 2.36. The normalized spacial score (nSPS) is 18.0. The lowest BCUT2D eigenvalue weighted by molar-refractivity contribution is 0.373. The van der Waals surface area contributed by atoms with E-state index in [1.54, 1.807) is 0 Å². The van der Waals surface area contributed by atoms with E-state index in [0.717, 1.165) is 11.4 Å². The number of aromatic amines is 1. The molecule has 3 nitrogen and oxygen atoms in total. The summed E-state index contributed by atoms with van der Waals surface area (Å²) in [5, 5.41) is 11.7. The molecule has 2 N–H and O–H groups in total. The largest absolute Gasteiger partial charge is 0.317 e. The maximum atomic E-state index is 4.05. The Kier molecular flexibility index (Phi) is 2.62. The van der Waals surface area contributed by atoms with E-state index in [1.807, 2.05) is 6.20 Å². The molecule has 0 unspecified atom stereocenters. The second-order valence-corrected chi connectivity index (χ2v) is 4.69. The van der Waals surface area contributed by atoms with Gasteiger partial charge in [-0.3, -0.25) is 5.10 Å². The molecular weight excluding hydrogens is 198 g/mol. The molecule has 3 rings (SSSR count). The number of benzene rings is 1. The Hall–Kier alpha value is -1.35. The zero-order valence-corrected chi connectivity index (χ0v) is 9.37. The first-order valence-electron chi connectivity index (χ1n) is 6.04. The molecular formula is C13H17N3. The van der Waals surface area contributed by atoms with Gasteiger partial charge in [-0.25, -0.2) is 0 Å². The zero-order valence-electron chi connectivity index (χ0n) is 9.37.